The van der Waals surface area contributed by atoms with Gasteiger partial charge < -0.3 is 10.0 Å². The Morgan fingerprint density at radius 1 is 1.12 bits per heavy atom. The number of aromatic nitrogens is 2. The lowest BCUT2D eigenvalue weighted by Crippen LogP contribution is -2.45. The number of benzene rings is 1. The summed E-state index contributed by atoms with van der Waals surface area (Å²) in [7, 11) is 0. The third-order valence-electron chi connectivity index (χ3n) is 5.10. The first-order valence-corrected chi connectivity index (χ1v) is 8.80. The van der Waals surface area contributed by atoms with Gasteiger partial charge in [-0.05, 0) is 30.4 Å². The van der Waals surface area contributed by atoms with Gasteiger partial charge in [0.1, 0.15) is 6.04 Å². The first-order chi connectivity index (χ1) is 12.2. The van der Waals surface area contributed by atoms with Crippen molar-refractivity contribution in [2.75, 3.05) is 18.0 Å². The molecule has 6 nitrogen and oxygen atoms in total. The maximum absolute atomic E-state index is 11.7. The van der Waals surface area contributed by atoms with Crippen molar-refractivity contribution in [3.63, 3.8) is 0 Å². The maximum Gasteiger partial charge on any atom is 0.321 e. The van der Waals surface area contributed by atoms with E-state index < -0.39 is 12.0 Å². The van der Waals surface area contributed by atoms with Crippen LogP contribution >= 0.6 is 0 Å². The van der Waals surface area contributed by atoms with Gasteiger partial charge in [0.05, 0.1) is 0 Å². The normalized spacial score (nSPS) is 20.5. The molecule has 0 aliphatic carbocycles. The van der Waals surface area contributed by atoms with Gasteiger partial charge in [-0.3, -0.25) is 9.69 Å². The molecule has 0 amide bonds. The van der Waals surface area contributed by atoms with Crippen molar-refractivity contribution in [3.05, 3.63) is 53.3 Å². The van der Waals surface area contributed by atoms with Crippen LogP contribution in [-0.4, -0.2) is 45.1 Å². The zero-order valence-electron chi connectivity index (χ0n) is 14.1. The summed E-state index contributed by atoms with van der Waals surface area (Å²) in [6.45, 7) is 3.22. The Morgan fingerprint density at radius 2 is 1.80 bits per heavy atom. The molecule has 2 aliphatic heterocycles. The average Bonchev–Trinajstić information content (AvgIpc) is 3.16. The van der Waals surface area contributed by atoms with Gasteiger partial charge in [-0.15, -0.1) is 0 Å². The molecule has 130 valence electrons. The molecule has 1 fully saturated rings. The molecule has 2 aliphatic rings. The second-order valence-electron chi connectivity index (χ2n) is 6.82. The summed E-state index contributed by atoms with van der Waals surface area (Å²) in [5, 5.41) is 9.62. The highest BCUT2D eigenvalue weighted by atomic mass is 16.4. The van der Waals surface area contributed by atoms with Crippen LogP contribution in [-0.2, 0) is 24.3 Å². The van der Waals surface area contributed by atoms with E-state index in [4.69, 9.17) is 0 Å². The number of nitrogens with zero attached hydrogens (tertiary/aromatic N) is 4. The molecule has 0 spiro atoms. The Balaban J connectivity index is 1.51. The number of rotatable bonds is 4. The molecule has 6 heteroatoms. The van der Waals surface area contributed by atoms with Gasteiger partial charge in [-0.1, -0.05) is 24.3 Å². The van der Waals surface area contributed by atoms with E-state index in [1.807, 2.05) is 35.5 Å². The van der Waals surface area contributed by atoms with Crippen LogP contribution in [0.25, 0.3) is 0 Å². The predicted octanol–water partition coefficient (Wildman–Crippen LogP) is 2.09. The fraction of sp³-hybridized carbons (Fsp3) is 0.421. The van der Waals surface area contributed by atoms with Crippen LogP contribution in [0.3, 0.4) is 0 Å². The van der Waals surface area contributed by atoms with E-state index in [1.54, 1.807) is 0 Å². The van der Waals surface area contributed by atoms with Crippen LogP contribution < -0.4 is 4.90 Å². The number of hydrogen-bond acceptors (Lipinski definition) is 5. The molecule has 0 saturated carbocycles. The van der Waals surface area contributed by atoms with Crippen molar-refractivity contribution < 1.29 is 9.90 Å². The standard InChI is InChI=1S/C19H22N4O2/c24-18(25)17-9-15-5-1-2-6-16(15)13-23(17)12-14-10-20-19(21-11-14)22-7-3-4-8-22/h1-2,5-6,10-11,17H,3-4,7-9,12-13H2,(H,24,25)/t17-/m0/s1. The van der Waals surface area contributed by atoms with Crippen LogP contribution in [0, 0.1) is 0 Å². The summed E-state index contributed by atoms with van der Waals surface area (Å²) in [4.78, 5) is 24.9. The van der Waals surface area contributed by atoms with E-state index >= 15 is 0 Å². The number of aliphatic carboxylic acids is 1. The highest BCUT2D eigenvalue weighted by Crippen LogP contribution is 2.25. The fourth-order valence-corrected chi connectivity index (χ4v) is 3.73. The van der Waals surface area contributed by atoms with E-state index in [2.05, 4.69) is 20.9 Å². The third-order valence-corrected chi connectivity index (χ3v) is 5.10. The van der Waals surface area contributed by atoms with E-state index in [9.17, 15) is 9.90 Å². The minimum Gasteiger partial charge on any atom is -0.480 e. The van der Waals surface area contributed by atoms with Crippen molar-refractivity contribution in [2.24, 2.45) is 0 Å². The van der Waals surface area contributed by atoms with E-state index in [-0.39, 0.29) is 0 Å². The average molecular weight is 338 g/mol. The van der Waals surface area contributed by atoms with Crippen molar-refractivity contribution in [3.8, 4) is 0 Å². The number of hydrogen-bond donors (Lipinski definition) is 1. The van der Waals surface area contributed by atoms with E-state index in [0.29, 0.717) is 19.5 Å². The lowest BCUT2D eigenvalue weighted by molar-refractivity contribution is -0.144. The van der Waals surface area contributed by atoms with Crippen molar-refractivity contribution in [2.45, 2.75) is 38.4 Å². The van der Waals surface area contributed by atoms with Crippen LogP contribution in [0.2, 0.25) is 0 Å². The highest BCUT2D eigenvalue weighted by molar-refractivity contribution is 5.74. The fourth-order valence-electron chi connectivity index (χ4n) is 3.73. The molecule has 3 heterocycles. The molecule has 1 aromatic heterocycles. The first-order valence-electron chi connectivity index (χ1n) is 8.80. The monoisotopic (exact) mass is 338 g/mol. The van der Waals surface area contributed by atoms with Crippen molar-refractivity contribution in [1.29, 1.82) is 0 Å². The van der Waals surface area contributed by atoms with Crippen molar-refractivity contribution >= 4 is 11.9 Å². The molecule has 4 rings (SSSR count). The minimum absolute atomic E-state index is 0.506. The Labute approximate surface area is 147 Å². The molecule has 1 saturated heterocycles. The summed E-state index contributed by atoms with van der Waals surface area (Å²) in [5.74, 6) is 0.00383. The summed E-state index contributed by atoms with van der Waals surface area (Å²) >= 11 is 0. The molecule has 0 unspecified atom stereocenters. The van der Waals surface area contributed by atoms with Gasteiger partial charge in [-0.2, -0.15) is 0 Å². The molecule has 25 heavy (non-hydrogen) atoms. The Hall–Kier alpha value is -2.47. The van der Waals surface area contributed by atoms with Gasteiger partial charge >= 0.3 is 5.97 Å². The summed E-state index contributed by atoms with van der Waals surface area (Å²) < 4.78 is 0. The minimum atomic E-state index is -0.774. The molecule has 2 aromatic rings. The second kappa shape index (κ2) is 6.80. The van der Waals surface area contributed by atoms with Crippen LogP contribution in [0.1, 0.15) is 29.5 Å². The van der Waals surface area contributed by atoms with E-state index in [1.165, 1.54) is 18.4 Å². The molecular formula is C19H22N4O2. The number of carboxylic acids is 1. The summed E-state index contributed by atoms with van der Waals surface area (Å²) in [5.41, 5.74) is 3.29. The van der Waals surface area contributed by atoms with Gasteiger partial charge in [-0.25, -0.2) is 9.97 Å². The number of carbonyl (C=O) groups is 1. The van der Waals surface area contributed by atoms with Gasteiger partial charge in [0, 0.05) is 44.1 Å². The Bertz CT molecular complexity index is 756. The maximum atomic E-state index is 11.7. The Morgan fingerprint density at radius 3 is 2.48 bits per heavy atom. The van der Waals surface area contributed by atoms with Gasteiger partial charge in [0.25, 0.3) is 0 Å². The summed E-state index contributed by atoms with van der Waals surface area (Å²) in [6.07, 6.45) is 6.59. The van der Waals surface area contributed by atoms with E-state index in [0.717, 1.165) is 30.2 Å². The van der Waals surface area contributed by atoms with Gasteiger partial charge in [0.2, 0.25) is 5.95 Å². The van der Waals surface area contributed by atoms with Crippen LogP contribution in [0.15, 0.2) is 36.7 Å². The van der Waals surface area contributed by atoms with Gasteiger partial charge in [0.15, 0.2) is 0 Å². The zero-order valence-corrected chi connectivity index (χ0v) is 14.1. The smallest absolute Gasteiger partial charge is 0.321 e. The number of anilines is 1. The molecule has 0 radical (unpaired) electrons. The summed E-state index contributed by atoms with van der Waals surface area (Å²) in [6, 6.07) is 7.57. The quantitative estimate of drug-likeness (QED) is 0.920. The highest BCUT2D eigenvalue weighted by Gasteiger charge is 2.31. The van der Waals surface area contributed by atoms with Crippen LogP contribution in [0.5, 0.6) is 0 Å². The molecule has 1 N–H and O–H groups in total. The number of carboxylic acid groups (broad SMARTS) is 1. The third kappa shape index (κ3) is 3.35. The lowest BCUT2D eigenvalue weighted by atomic mass is 9.93. The molecular weight excluding hydrogens is 316 g/mol. The molecule has 1 atom stereocenters. The zero-order chi connectivity index (χ0) is 17.2. The Kier molecular flexibility index (Phi) is 4.36. The first kappa shape index (κ1) is 16.0. The molecule has 1 aromatic carbocycles. The predicted molar refractivity (Wildman–Crippen MR) is 94.3 cm³/mol. The molecule has 0 bridgehead atoms. The van der Waals surface area contributed by atoms with Crippen molar-refractivity contribution in [1.82, 2.24) is 14.9 Å². The topological polar surface area (TPSA) is 69.6 Å². The lowest BCUT2D eigenvalue weighted by Gasteiger charge is -2.34. The largest absolute Gasteiger partial charge is 0.480 e. The SMILES string of the molecule is O=C(O)[C@@H]1Cc2ccccc2CN1Cc1cnc(N2CCCC2)nc1. The second-order valence-corrected chi connectivity index (χ2v) is 6.82. The number of fused-ring (bicyclic) bond motifs is 1. The van der Waals surface area contributed by atoms with Crippen LogP contribution in [0.4, 0.5) is 5.95 Å².